The van der Waals surface area contributed by atoms with E-state index in [2.05, 4.69) is 91.9 Å². The second-order valence-corrected chi connectivity index (χ2v) is 11.7. The Kier molecular flexibility index (Phi) is 9.11. The summed E-state index contributed by atoms with van der Waals surface area (Å²) in [5.41, 5.74) is 0. The van der Waals surface area contributed by atoms with Crippen LogP contribution >= 0.6 is 14.6 Å². The van der Waals surface area contributed by atoms with Gasteiger partial charge in [0.25, 0.3) is 0 Å². The Hall–Kier alpha value is -1.77. The number of hydrogen-bond donors (Lipinski definition) is 0. The van der Waals surface area contributed by atoms with E-state index < -0.39 is 6.70 Å². The van der Waals surface area contributed by atoms with Crippen LogP contribution in [0.4, 0.5) is 0 Å². The summed E-state index contributed by atoms with van der Waals surface area (Å²) in [6.45, 7) is 1.72. The van der Waals surface area contributed by atoms with Gasteiger partial charge in [0.2, 0.25) is 0 Å². The van der Waals surface area contributed by atoms with Crippen LogP contribution in [0.3, 0.4) is 0 Å². The fraction of sp³-hybridized carbons (Fsp3) is 0.0769. The SMILES string of the molecule is CCP(c1ccccc1)c1ccccc1.[Ni][P](c1ccccc1)c1ccccc1. The van der Waals surface area contributed by atoms with Gasteiger partial charge in [-0.2, -0.15) is 0 Å². The molecule has 0 saturated carbocycles. The Morgan fingerprint density at radius 1 is 0.483 bits per heavy atom. The fourth-order valence-corrected chi connectivity index (χ4v) is 7.08. The molecule has 0 spiro atoms. The molecule has 0 bridgehead atoms. The van der Waals surface area contributed by atoms with E-state index >= 15 is 0 Å². The summed E-state index contributed by atoms with van der Waals surface area (Å²) in [6.07, 6.45) is 1.21. The van der Waals surface area contributed by atoms with E-state index in [0.29, 0.717) is 0 Å². The first-order valence-corrected chi connectivity index (χ1v) is 13.7. The van der Waals surface area contributed by atoms with Gasteiger partial charge in [0, 0.05) is 0 Å². The van der Waals surface area contributed by atoms with Crippen LogP contribution in [0.15, 0.2) is 121 Å². The molecule has 0 aliphatic carbocycles. The Morgan fingerprint density at radius 3 is 1.03 bits per heavy atom. The predicted octanol–water partition coefficient (Wildman–Crippen LogP) is 5.72. The van der Waals surface area contributed by atoms with Crippen molar-refractivity contribution in [1.29, 1.82) is 0 Å². The van der Waals surface area contributed by atoms with Crippen molar-refractivity contribution in [2.45, 2.75) is 6.92 Å². The van der Waals surface area contributed by atoms with E-state index in [1.165, 1.54) is 27.4 Å². The Bertz CT molecular complexity index is 866. The van der Waals surface area contributed by atoms with E-state index in [1.54, 1.807) is 0 Å². The van der Waals surface area contributed by atoms with Crippen LogP contribution in [0.25, 0.3) is 0 Å². The molecular weight excluding hydrogens is 433 g/mol. The van der Waals surface area contributed by atoms with Crippen molar-refractivity contribution < 1.29 is 15.0 Å². The van der Waals surface area contributed by atoms with Crippen LogP contribution in [0.5, 0.6) is 0 Å². The molecule has 0 aliphatic rings. The normalized spacial score (nSPS) is 10.5. The van der Waals surface area contributed by atoms with E-state index in [0.717, 1.165) is 0 Å². The van der Waals surface area contributed by atoms with E-state index in [1.807, 2.05) is 36.4 Å². The van der Waals surface area contributed by atoms with Crippen LogP contribution in [0.2, 0.25) is 0 Å². The van der Waals surface area contributed by atoms with Gasteiger partial charge < -0.3 is 0 Å². The van der Waals surface area contributed by atoms with Gasteiger partial charge in [-0.3, -0.25) is 0 Å². The van der Waals surface area contributed by atoms with Crippen LogP contribution < -0.4 is 21.2 Å². The molecule has 0 radical (unpaired) electrons. The molecule has 4 rings (SSSR count). The molecule has 149 valence electrons. The molecule has 0 aliphatic heterocycles. The van der Waals surface area contributed by atoms with Crippen molar-refractivity contribution >= 4 is 35.8 Å². The molecule has 0 atom stereocenters. The molecule has 0 saturated heterocycles. The van der Waals surface area contributed by atoms with Gasteiger partial charge in [-0.1, -0.05) is 67.6 Å². The Labute approximate surface area is 184 Å². The van der Waals surface area contributed by atoms with E-state index in [4.69, 9.17) is 15.0 Å². The average Bonchev–Trinajstić information content (AvgIpc) is 2.82. The van der Waals surface area contributed by atoms with Crippen LogP contribution in [0, 0.1) is 0 Å². The summed E-state index contributed by atoms with van der Waals surface area (Å²) in [5.74, 6) is 0. The van der Waals surface area contributed by atoms with Crippen molar-refractivity contribution in [3.8, 4) is 0 Å². The van der Waals surface area contributed by atoms with Crippen molar-refractivity contribution in [3.63, 3.8) is 0 Å². The maximum atomic E-state index is 5.21. The Morgan fingerprint density at radius 2 is 0.759 bits per heavy atom. The molecule has 0 nitrogen and oxygen atoms in total. The summed E-state index contributed by atoms with van der Waals surface area (Å²) < 4.78 is 0. The quantitative estimate of drug-likeness (QED) is 0.265. The first-order valence-electron chi connectivity index (χ1n) is 9.70. The number of benzene rings is 4. The van der Waals surface area contributed by atoms with Gasteiger partial charge in [-0.05, 0) is 24.7 Å². The maximum absolute atomic E-state index is 5.21. The van der Waals surface area contributed by atoms with Crippen LogP contribution in [-0.2, 0) is 15.0 Å². The summed E-state index contributed by atoms with van der Waals surface area (Å²) in [5, 5.41) is 5.49. The van der Waals surface area contributed by atoms with E-state index in [9.17, 15) is 0 Å². The molecular formula is C26H25NiP2. The molecule has 0 aromatic heterocycles. The number of rotatable bonds is 5. The third-order valence-corrected chi connectivity index (χ3v) is 9.83. The summed E-state index contributed by atoms with van der Waals surface area (Å²) in [6, 6.07) is 42.3. The number of hydrogen-bond acceptors (Lipinski definition) is 0. The zero-order chi connectivity index (χ0) is 20.3. The molecule has 0 N–H and O–H groups in total. The molecule has 4 aromatic carbocycles. The van der Waals surface area contributed by atoms with Gasteiger partial charge in [0.15, 0.2) is 0 Å². The van der Waals surface area contributed by atoms with Crippen molar-refractivity contribution in [1.82, 2.24) is 0 Å². The van der Waals surface area contributed by atoms with E-state index in [-0.39, 0.29) is 7.92 Å². The molecule has 29 heavy (non-hydrogen) atoms. The van der Waals surface area contributed by atoms with Crippen molar-refractivity contribution in [2.75, 3.05) is 6.16 Å². The van der Waals surface area contributed by atoms with Crippen LogP contribution in [0.1, 0.15) is 6.92 Å². The molecule has 0 amide bonds. The zero-order valence-electron chi connectivity index (χ0n) is 16.5. The van der Waals surface area contributed by atoms with Crippen molar-refractivity contribution in [2.24, 2.45) is 0 Å². The topological polar surface area (TPSA) is 0 Å². The zero-order valence-corrected chi connectivity index (χ0v) is 19.2. The van der Waals surface area contributed by atoms with Gasteiger partial charge >= 0.3 is 93.0 Å². The van der Waals surface area contributed by atoms with Gasteiger partial charge in [-0.15, -0.1) is 0 Å². The van der Waals surface area contributed by atoms with Crippen LogP contribution in [-0.4, -0.2) is 6.16 Å². The molecule has 0 heterocycles. The standard InChI is InChI=1S/C14H15P.C12H10P.Ni/c1-2-15(13-9-5-3-6-10-13)14-11-7-4-8-12-14;1-3-7-11(8-4-1)13-12-9-5-2-6-10-12;/h3-12H,2H2,1H3;1-10H;/q;-1;+1. The first-order chi connectivity index (χ1) is 14.3. The Balaban J connectivity index is 0.000000166. The molecule has 0 fully saturated rings. The average molecular weight is 458 g/mol. The molecule has 3 heteroatoms. The first kappa shape index (κ1) is 21.9. The minimum absolute atomic E-state index is 0.149. The van der Waals surface area contributed by atoms with Crippen molar-refractivity contribution in [3.05, 3.63) is 121 Å². The summed E-state index contributed by atoms with van der Waals surface area (Å²) >= 11 is 5.21. The molecule has 0 unspecified atom stereocenters. The second kappa shape index (κ2) is 12.0. The summed E-state index contributed by atoms with van der Waals surface area (Å²) in [7, 11) is -0.149. The molecule has 4 aromatic rings. The fourth-order valence-electron chi connectivity index (χ4n) is 2.98. The van der Waals surface area contributed by atoms with Gasteiger partial charge in [0.1, 0.15) is 0 Å². The summed E-state index contributed by atoms with van der Waals surface area (Å²) in [4.78, 5) is 0. The third-order valence-electron chi connectivity index (χ3n) is 4.39. The monoisotopic (exact) mass is 457 g/mol. The minimum atomic E-state index is -0.546. The van der Waals surface area contributed by atoms with Gasteiger partial charge in [0.05, 0.1) is 0 Å². The van der Waals surface area contributed by atoms with Gasteiger partial charge in [-0.25, -0.2) is 0 Å². The second-order valence-electron chi connectivity index (χ2n) is 6.34. The third kappa shape index (κ3) is 6.62. The predicted molar refractivity (Wildman–Crippen MR) is 129 cm³/mol.